The maximum atomic E-state index is 11.9. The average Bonchev–Trinajstić information content (AvgIpc) is 3.27. The van der Waals surface area contributed by atoms with Crippen LogP contribution in [0.3, 0.4) is 0 Å². The van der Waals surface area contributed by atoms with E-state index in [0.717, 1.165) is 12.8 Å². The third-order valence-corrected chi connectivity index (χ3v) is 3.54. The summed E-state index contributed by atoms with van der Waals surface area (Å²) >= 11 is 12.0. The number of hydrogen-bond donors (Lipinski definition) is 2. The molecule has 21 heavy (non-hydrogen) atoms. The highest BCUT2D eigenvalue weighted by atomic mass is 35.5. The number of anilines is 2. The van der Waals surface area contributed by atoms with Crippen molar-refractivity contribution in [2.45, 2.75) is 18.9 Å². The molecular formula is C14H12Cl2N4O. The highest BCUT2D eigenvalue weighted by molar-refractivity contribution is 6.35. The number of aromatic nitrogens is 2. The molecule has 0 bridgehead atoms. The van der Waals surface area contributed by atoms with Crippen LogP contribution in [0.25, 0.3) is 0 Å². The molecule has 0 spiro atoms. The summed E-state index contributed by atoms with van der Waals surface area (Å²) in [4.78, 5) is 20.2. The van der Waals surface area contributed by atoms with E-state index in [4.69, 9.17) is 23.2 Å². The molecule has 0 unspecified atom stereocenters. The summed E-state index contributed by atoms with van der Waals surface area (Å²) in [5.74, 6) is 0.0998. The fourth-order valence-corrected chi connectivity index (χ4v) is 2.08. The first-order valence-corrected chi connectivity index (χ1v) is 7.23. The van der Waals surface area contributed by atoms with Crippen molar-refractivity contribution in [1.82, 2.24) is 15.3 Å². The Morgan fingerprint density at radius 2 is 2.05 bits per heavy atom. The van der Waals surface area contributed by atoms with Gasteiger partial charge in [-0.1, -0.05) is 23.2 Å². The molecule has 1 heterocycles. The maximum absolute atomic E-state index is 11.9. The Labute approximate surface area is 131 Å². The van der Waals surface area contributed by atoms with Crippen LogP contribution in [0, 0.1) is 0 Å². The number of carbonyl (C=O) groups is 1. The quantitative estimate of drug-likeness (QED) is 0.905. The van der Waals surface area contributed by atoms with Crippen molar-refractivity contribution in [1.29, 1.82) is 0 Å². The monoisotopic (exact) mass is 322 g/mol. The van der Waals surface area contributed by atoms with E-state index < -0.39 is 0 Å². The molecule has 2 N–H and O–H groups in total. The third kappa shape index (κ3) is 3.62. The second kappa shape index (κ2) is 5.87. The SMILES string of the molecule is O=C(NC1CC1)c1ccnc(Nc2cc(Cl)ccc2Cl)n1. The zero-order chi connectivity index (χ0) is 14.8. The highest BCUT2D eigenvalue weighted by Gasteiger charge is 2.24. The summed E-state index contributed by atoms with van der Waals surface area (Å²) in [6, 6.07) is 6.89. The Bertz CT molecular complexity index is 688. The lowest BCUT2D eigenvalue weighted by atomic mass is 10.3. The van der Waals surface area contributed by atoms with E-state index in [0.29, 0.717) is 27.4 Å². The molecule has 0 saturated heterocycles. The van der Waals surface area contributed by atoms with Crippen molar-refractivity contribution in [3.8, 4) is 0 Å². The predicted octanol–water partition coefficient (Wildman–Crippen LogP) is 3.42. The van der Waals surface area contributed by atoms with Gasteiger partial charge in [-0.15, -0.1) is 0 Å². The Morgan fingerprint density at radius 3 is 2.81 bits per heavy atom. The number of hydrogen-bond acceptors (Lipinski definition) is 4. The molecule has 3 rings (SSSR count). The zero-order valence-corrected chi connectivity index (χ0v) is 12.4. The van der Waals surface area contributed by atoms with Crippen LogP contribution in [-0.2, 0) is 0 Å². The van der Waals surface area contributed by atoms with Gasteiger partial charge in [-0.25, -0.2) is 9.97 Å². The summed E-state index contributed by atoms with van der Waals surface area (Å²) in [7, 11) is 0. The topological polar surface area (TPSA) is 66.9 Å². The molecule has 0 radical (unpaired) electrons. The van der Waals surface area contributed by atoms with Crippen LogP contribution in [0.4, 0.5) is 11.6 Å². The summed E-state index contributed by atoms with van der Waals surface area (Å²) in [5, 5.41) is 6.88. The van der Waals surface area contributed by atoms with E-state index in [-0.39, 0.29) is 11.9 Å². The molecule has 5 nitrogen and oxygen atoms in total. The zero-order valence-electron chi connectivity index (χ0n) is 10.9. The van der Waals surface area contributed by atoms with Crippen LogP contribution in [0.15, 0.2) is 30.5 Å². The van der Waals surface area contributed by atoms with Crippen molar-refractivity contribution in [3.63, 3.8) is 0 Å². The third-order valence-electron chi connectivity index (χ3n) is 2.98. The second-order valence-electron chi connectivity index (χ2n) is 4.76. The van der Waals surface area contributed by atoms with E-state index in [1.807, 2.05) is 0 Å². The normalized spacial score (nSPS) is 13.8. The first-order valence-electron chi connectivity index (χ1n) is 6.48. The van der Waals surface area contributed by atoms with Gasteiger partial charge in [-0.3, -0.25) is 4.79 Å². The molecule has 108 valence electrons. The van der Waals surface area contributed by atoms with Gasteiger partial charge in [0.15, 0.2) is 0 Å². The van der Waals surface area contributed by atoms with Crippen molar-refractivity contribution in [3.05, 3.63) is 46.2 Å². The van der Waals surface area contributed by atoms with Crippen LogP contribution in [0.5, 0.6) is 0 Å². The average molecular weight is 323 g/mol. The van der Waals surface area contributed by atoms with Gasteiger partial charge in [0, 0.05) is 17.3 Å². The Hall–Kier alpha value is -1.85. The van der Waals surface area contributed by atoms with E-state index in [1.165, 1.54) is 6.20 Å². The lowest BCUT2D eigenvalue weighted by molar-refractivity contribution is 0.0946. The van der Waals surface area contributed by atoms with Crippen LogP contribution >= 0.6 is 23.2 Å². The van der Waals surface area contributed by atoms with Gasteiger partial charge in [0.1, 0.15) is 5.69 Å². The Kier molecular flexibility index (Phi) is 3.94. The second-order valence-corrected chi connectivity index (χ2v) is 5.61. The number of benzene rings is 1. The molecule has 1 aliphatic carbocycles. The number of nitrogens with zero attached hydrogens (tertiary/aromatic N) is 2. The number of nitrogens with one attached hydrogen (secondary N) is 2. The highest BCUT2D eigenvalue weighted by Crippen LogP contribution is 2.27. The van der Waals surface area contributed by atoms with Crippen LogP contribution in [0.1, 0.15) is 23.3 Å². The molecule has 0 aliphatic heterocycles. The first kappa shape index (κ1) is 14.1. The van der Waals surface area contributed by atoms with Crippen LogP contribution in [-0.4, -0.2) is 21.9 Å². The molecule has 2 aromatic rings. The Morgan fingerprint density at radius 1 is 1.24 bits per heavy atom. The number of halogens is 2. The molecule has 1 fully saturated rings. The summed E-state index contributed by atoms with van der Waals surface area (Å²) < 4.78 is 0. The molecule has 1 saturated carbocycles. The van der Waals surface area contributed by atoms with Gasteiger partial charge in [0.25, 0.3) is 5.91 Å². The van der Waals surface area contributed by atoms with Gasteiger partial charge in [-0.2, -0.15) is 0 Å². The minimum atomic E-state index is -0.194. The van der Waals surface area contributed by atoms with Gasteiger partial charge >= 0.3 is 0 Å². The van der Waals surface area contributed by atoms with E-state index in [1.54, 1.807) is 24.3 Å². The molecule has 1 aromatic carbocycles. The fourth-order valence-electron chi connectivity index (χ4n) is 1.75. The van der Waals surface area contributed by atoms with Crippen LogP contribution in [0.2, 0.25) is 10.0 Å². The largest absolute Gasteiger partial charge is 0.348 e. The lowest BCUT2D eigenvalue weighted by Crippen LogP contribution is -2.26. The molecule has 0 atom stereocenters. The minimum absolute atomic E-state index is 0.194. The number of rotatable bonds is 4. The molecular weight excluding hydrogens is 311 g/mol. The molecule has 1 amide bonds. The van der Waals surface area contributed by atoms with Gasteiger partial charge in [-0.05, 0) is 37.1 Å². The van der Waals surface area contributed by atoms with Crippen LogP contribution < -0.4 is 10.6 Å². The molecule has 1 aliphatic rings. The van der Waals surface area contributed by atoms with Crippen molar-refractivity contribution in [2.75, 3.05) is 5.32 Å². The van der Waals surface area contributed by atoms with Gasteiger partial charge in [0.2, 0.25) is 5.95 Å². The minimum Gasteiger partial charge on any atom is -0.348 e. The van der Waals surface area contributed by atoms with E-state index in [9.17, 15) is 4.79 Å². The lowest BCUT2D eigenvalue weighted by Gasteiger charge is -2.08. The van der Waals surface area contributed by atoms with Crippen molar-refractivity contribution in [2.24, 2.45) is 0 Å². The summed E-state index contributed by atoms with van der Waals surface area (Å²) in [6.45, 7) is 0. The summed E-state index contributed by atoms with van der Waals surface area (Å²) in [6.07, 6.45) is 3.58. The Balaban J connectivity index is 1.79. The first-order chi connectivity index (χ1) is 10.1. The standard InChI is InChI=1S/C14H12Cl2N4O/c15-8-1-4-10(16)12(7-8)20-14-17-6-5-11(19-14)13(21)18-9-2-3-9/h1,4-7,9H,2-3H2,(H,18,21)(H,17,19,20). The summed E-state index contributed by atoms with van der Waals surface area (Å²) in [5.41, 5.74) is 0.904. The number of amides is 1. The predicted molar refractivity (Wildman–Crippen MR) is 82.3 cm³/mol. The molecule has 1 aromatic heterocycles. The van der Waals surface area contributed by atoms with Crippen molar-refractivity contribution >= 4 is 40.7 Å². The fraction of sp³-hybridized carbons (Fsp3) is 0.214. The van der Waals surface area contributed by atoms with E-state index in [2.05, 4.69) is 20.6 Å². The van der Waals surface area contributed by atoms with Gasteiger partial charge in [0.05, 0.1) is 10.7 Å². The maximum Gasteiger partial charge on any atom is 0.270 e. The van der Waals surface area contributed by atoms with Gasteiger partial charge < -0.3 is 10.6 Å². The number of carbonyl (C=O) groups excluding carboxylic acids is 1. The molecule has 7 heteroatoms. The smallest absolute Gasteiger partial charge is 0.270 e. The van der Waals surface area contributed by atoms with Crippen molar-refractivity contribution < 1.29 is 4.79 Å². The van der Waals surface area contributed by atoms with E-state index >= 15 is 0 Å².